The van der Waals surface area contributed by atoms with E-state index in [9.17, 15) is 4.79 Å². The summed E-state index contributed by atoms with van der Waals surface area (Å²) in [7, 11) is 1.58. The van der Waals surface area contributed by atoms with Gasteiger partial charge < -0.3 is 24.8 Å². The van der Waals surface area contributed by atoms with E-state index in [1.807, 2.05) is 22.1 Å². The number of thiazole rings is 1. The highest BCUT2D eigenvalue weighted by molar-refractivity contribution is 7.07. The fraction of sp³-hybridized carbons (Fsp3) is 0.350. The molecule has 168 valence electrons. The van der Waals surface area contributed by atoms with Gasteiger partial charge in [0.1, 0.15) is 5.69 Å². The molecule has 1 aliphatic rings. The molecule has 0 aromatic carbocycles. The number of morpholine rings is 1. The number of urea groups is 1. The molecule has 4 heterocycles. The SMILES string of the molecule is CNC(=O)NCCn1c(-c2ccc(N3CCOCC3)nn2)csc1=Nc1cncc(Cl)c1. The molecule has 0 atom stereocenters. The van der Waals surface area contributed by atoms with Gasteiger partial charge in [-0.1, -0.05) is 11.6 Å². The summed E-state index contributed by atoms with van der Waals surface area (Å²) in [5.74, 6) is 0.829. The highest BCUT2D eigenvalue weighted by Gasteiger charge is 2.15. The number of ether oxygens (including phenoxy) is 1. The van der Waals surface area contributed by atoms with E-state index in [0.717, 1.165) is 35.1 Å². The zero-order chi connectivity index (χ0) is 22.3. The number of hydrogen-bond donors (Lipinski definition) is 2. The van der Waals surface area contributed by atoms with Crippen LogP contribution in [0.3, 0.4) is 0 Å². The molecule has 4 rings (SSSR count). The van der Waals surface area contributed by atoms with Gasteiger partial charge in [-0.05, 0) is 18.2 Å². The zero-order valence-corrected chi connectivity index (χ0v) is 19.1. The fourth-order valence-electron chi connectivity index (χ4n) is 3.21. The lowest BCUT2D eigenvalue weighted by Crippen LogP contribution is -2.36. The first-order chi connectivity index (χ1) is 15.6. The van der Waals surface area contributed by atoms with Gasteiger partial charge in [0.2, 0.25) is 0 Å². The van der Waals surface area contributed by atoms with Gasteiger partial charge in [0.05, 0.1) is 35.8 Å². The number of nitrogens with zero attached hydrogens (tertiary/aromatic N) is 6. The van der Waals surface area contributed by atoms with Crippen LogP contribution in [0.5, 0.6) is 0 Å². The average Bonchev–Trinajstić information content (AvgIpc) is 3.22. The van der Waals surface area contributed by atoms with Crippen molar-refractivity contribution in [3.8, 4) is 11.4 Å². The molecule has 2 amide bonds. The van der Waals surface area contributed by atoms with Crippen LogP contribution in [0.1, 0.15) is 0 Å². The van der Waals surface area contributed by atoms with Crippen LogP contribution in [0, 0.1) is 0 Å². The Morgan fingerprint density at radius 1 is 1.28 bits per heavy atom. The van der Waals surface area contributed by atoms with Gasteiger partial charge in [0, 0.05) is 44.8 Å². The quantitative estimate of drug-likeness (QED) is 0.566. The molecule has 0 saturated carbocycles. The lowest BCUT2D eigenvalue weighted by atomic mass is 10.3. The second-order valence-corrected chi connectivity index (χ2v) is 8.18. The van der Waals surface area contributed by atoms with E-state index in [0.29, 0.717) is 37.0 Å². The number of anilines is 1. The van der Waals surface area contributed by atoms with E-state index in [4.69, 9.17) is 21.3 Å². The summed E-state index contributed by atoms with van der Waals surface area (Å²) in [5, 5.41) is 16.7. The summed E-state index contributed by atoms with van der Waals surface area (Å²) >= 11 is 7.53. The summed E-state index contributed by atoms with van der Waals surface area (Å²) in [6.07, 6.45) is 3.21. The molecular formula is C20H23ClN8O2S. The van der Waals surface area contributed by atoms with Gasteiger partial charge in [0.15, 0.2) is 10.6 Å². The van der Waals surface area contributed by atoms with E-state index >= 15 is 0 Å². The molecule has 1 saturated heterocycles. The molecule has 0 aliphatic carbocycles. The van der Waals surface area contributed by atoms with Crippen molar-refractivity contribution < 1.29 is 9.53 Å². The molecule has 1 aliphatic heterocycles. The van der Waals surface area contributed by atoms with Crippen LogP contribution in [-0.4, -0.2) is 65.7 Å². The summed E-state index contributed by atoms with van der Waals surface area (Å²) in [6, 6.07) is 5.43. The van der Waals surface area contributed by atoms with Gasteiger partial charge in [-0.15, -0.1) is 21.5 Å². The molecular weight excluding hydrogens is 452 g/mol. The van der Waals surface area contributed by atoms with Gasteiger partial charge in [0.25, 0.3) is 0 Å². The van der Waals surface area contributed by atoms with Crippen LogP contribution in [0.4, 0.5) is 16.3 Å². The van der Waals surface area contributed by atoms with Crippen molar-refractivity contribution in [2.24, 2.45) is 4.99 Å². The monoisotopic (exact) mass is 474 g/mol. The Kier molecular flexibility index (Phi) is 7.30. The molecule has 3 aromatic rings. The third-order valence-corrected chi connectivity index (χ3v) is 5.88. The first-order valence-electron chi connectivity index (χ1n) is 10.1. The number of halogens is 1. The third kappa shape index (κ3) is 5.42. The number of amides is 2. The molecule has 1 fully saturated rings. The van der Waals surface area contributed by atoms with Crippen LogP contribution in [0.2, 0.25) is 5.02 Å². The van der Waals surface area contributed by atoms with Crippen LogP contribution >= 0.6 is 22.9 Å². The Labute approximate surface area is 193 Å². The maximum atomic E-state index is 11.6. The predicted molar refractivity (Wildman–Crippen MR) is 123 cm³/mol. The van der Waals surface area contributed by atoms with Gasteiger partial charge >= 0.3 is 6.03 Å². The molecule has 32 heavy (non-hydrogen) atoms. The second-order valence-electron chi connectivity index (χ2n) is 6.91. The van der Waals surface area contributed by atoms with Crippen molar-refractivity contribution in [1.82, 2.24) is 30.4 Å². The molecule has 10 nitrogen and oxygen atoms in total. The average molecular weight is 475 g/mol. The maximum absolute atomic E-state index is 11.6. The van der Waals surface area contributed by atoms with Crippen molar-refractivity contribution in [1.29, 1.82) is 0 Å². The molecule has 3 aromatic heterocycles. The van der Waals surface area contributed by atoms with Crippen molar-refractivity contribution in [2.75, 3.05) is 44.8 Å². The second kappa shape index (κ2) is 10.5. The smallest absolute Gasteiger partial charge is 0.314 e. The topological polar surface area (TPSA) is 110 Å². The lowest BCUT2D eigenvalue weighted by molar-refractivity contribution is 0.122. The number of aromatic nitrogens is 4. The van der Waals surface area contributed by atoms with Gasteiger partial charge in [-0.2, -0.15) is 0 Å². The fourth-order valence-corrected chi connectivity index (χ4v) is 4.31. The summed E-state index contributed by atoms with van der Waals surface area (Å²) < 4.78 is 7.40. The molecule has 0 unspecified atom stereocenters. The molecule has 0 bridgehead atoms. The normalized spacial score (nSPS) is 14.4. The van der Waals surface area contributed by atoms with Crippen LogP contribution in [0.25, 0.3) is 11.4 Å². The van der Waals surface area contributed by atoms with Gasteiger partial charge in [-0.3, -0.25) is 4.98 Å². The lowest BCUT2D eigenvalue weighted by Gasteiger charge is -2.27. The Morgan fingerprint density at radius 3 is 2.84 bits per heavy atom. The summed E-state index contributed by atoms with van der Waals surface area (Å²) in [6.45, 7) is 3.91. The van der Waals surface area contributed by atoms with Crippen molar-refractivity contribution in [3.05, 3.63) is 45.8 Å². The number of carbonyl (C=O) groups excluding carboxylic acids is 1. The highest BCUT2D eigenvalue weighted by atomic mass is 35.5. The first kappa shape index (κ1) is 22.2. The van der Waals surface area contributed by atoms with Crippen LogP contribution < -0.4 is 20.3 Å². The van der Waals surface area contributed by atoms with Crippen LogP contribution in [0.15, 0.2) is 41.0 Å². The van der Waals surface area contributed by atoms with Crippen molar-refractivity contribution >= 4 is 40.5 Å². The van der Waals surface area contributed by atoms with E-state index < -0.39 is 0 Å². The summed E-state index contributed by atoms with van der Waals surface area (Å²) in [4.78, 5) is 23.3. The number of hydrogen-bond acceptors (Lipinski definition) is 8. The number of carbonyl (C=O) groups is 1. The minimum atomic E-state index is -0.241. The number of rotatable bonds is 6. The zero-order valence-electron chi connectivity index (χ0n) is 17.5. The molecule has 0 spiro atoms. The Morgan fingerprint density at radius 2 is 2.12 bits per heavy atom. The molecule has 12 heteroatoms. The minimum Gasteiger partial charge on any atom is -0.378 e. The third-order valence-electron chi connectivity index (χ3n) is 4.81. The minimum absolute atomic E-state index is 0.241. The van der Waals surface area contributed by atoms with Crippen LogP contribution in [-0.2, 0) is 11.3 Å². The first-order valence-corrected chi connectivity index (χ1v) is 11.4. The molecule has 0 radical (unpaired) electrons. The Balaban J connectivity index is 1.64. The van der Waals surface area contributed by atoms with Gasteiger partial charge in [-0.25, -0.2) is 9.79 Å². The van der Waals surface area contributed by atoms with Crippen molar-refractivity contribution in [3.63, 3.8) is 0 Å². The van der Waals surface area contributed by atoms with E-state index in [-0.39, 0.29) is 6.03 Å². The van der Waals surface area contributed by atoms with E-state index in [2.05, 4.69) is 30.7 Å². The Bertz CT molecular complexity index is 1130. The summed E-state index contributed by atoms with van der Waals surface area (Å²) in [5.41, 5.74) is 2.24. The highest BCUT2D eigenvalue weighted by Crippen LogP contribution is 2.21. The largest absolute Gasteiger partial charge is 0.378 e. The predicted octanol–water partition coefficient (Wildman–Crippen LogP) is 2.05. The standard InChI is InChI=1S/C20H23ClN8O2S/c1-22-19(30)24-4-5-29-17(13-32-20(29)25-15-10-14(21)11-23-12-15)16-2-3-18(27-26-16)28-6-8-31-9-7-28/h2-3,10-13H,4-9H2,1H3,(H2,22,24,30). The van der Waals surface area contributed by atoms with E-state index in [1.165, 1.54) is 11.3 Å². The molecule has 2 N–H and O–H groups in total. The maximum Gasteiger partial charge on any atom is 0.314 e. The number of pyridine rings is 1. The number of nitrogens with one attached hydrogen (secondary N) is 2. The van der Waals surface area contributed by atoms with E-state index in [1.54, 1.807) is 25.5 Å². The Hall–Kier alpha value is -3.02. The van der Waals surface area contributed by atoms with Crippen molar-refractivity contribution in [2.45, 2.75) is 6.54 Å².